The average molecular weight is 375 g/mol. The van der Waals surface area contributed by atoms with Gasteiger partial charge in [0.2, 0.25) is 11.0 Å². The number of thioether (sulfide) groups is 1. The third-order valence-corrected chi connectivity index (χ3v) is 3.84. The minimum Gasteiger partial charge on any atom is -0.465 e. The van der Waals surface area contributed by atoms with Crippen molar-refractivity contribution in [2.24, 2.45) is 5.73 Å². The highest BCUT2D eigenvalue weighted by Gasteiger charge is 2.15. The second-order valence-corrected chi connectivity index (χ2v) is 5.82. The summed E-state index contributed by atoms with van der Waals surface area (Å²) in [7, 11) is 0. The van der Waals surface area contributed by atoms with Crippen molar-refractivity contribution in [1.29, 1.82) is 0 Å². The summed E-state index contributed by atoms with van der Waals surface area (Å²) in [6, 6.07) is 8.19. The van der Waals surface area contributed by atoms with E-state index in [1.54, 1.807) is 19.1 Å². The molecule has 3 N–H and O–H groups in total. The van der Waals surface area contributed by atoms with Crippen molar-refractivity contribution < 1.29 is 19.1 Å². The lowest BCUT2D eigenvalue weighted by atomic mass is 10.1. The van der Waals surface area contributed by atoms with Gasteiger partial charge in [0.1, 0.15) is 6.04 Å². The van der Waals surface area contributed by atoms with Crippen molar-refractivity contribution in [3.8, 4) is 0 Å². The molecule has 0 aliphatic heterocycles. The molecule has 0 bridgehead atoms. The van der Waals surface area contributed by atoms with Crippen LogP contribution in [0, 0.1) is 0 Å². The lowest BCUT2D eigenvalue weighted by Gasteiger charge is -2.10. The van der Waals surface area contributed by atoms with Gasteiger partial charge >= 0.3 is 5.97 Å². The van der Waals surface area contributed by atoms with Gasteiger partial charge in [0.25, 0.3) is 0 Å². The minimum absolute atomic E-state index is 0. The average Bonchev–Trinajstić information content (AvgIpc) is 2.57. The number of carbonyl (C=O) groups excluding carboxylic acids is 3. The van der Waals surface area contributed by atoms with Crippen molar-refractivity contribution in [3.05, 3.63) is 35.9 Å². The van der Waals surface area contributed by atoms with E-state index in [9.17, 15) is 14.4 Å². The fourth-order valence-electron chi connectivity index (χ4n) is 1.73. The van der Waals surface area contributed by atoms with Gasteiger partial charge in [0.15, 0.2) is 0 Å². The molecule has 8 heteroatoms. The first-order chi connectivity index (χ1) is 11.0. The minimum atomic E-state index is -0.783. The Morgan fingerprint density at radius 2 is 1.92 bits per heavy atom. The predicted molar refractivity (Wildman–Crippen MR) is 97.3 cm³/mol. The van der Waals surface area contributed by atoms with Gasteiger partial charge in [-0.3, -0.25) is 14.4 Å². The van der Waals surface area contributed by atoms with E-state index in [4.69, 9.17) is 10.5 Å². The van der Waals surface area contributed by atoms with Gasteiger partial charge in [0, 0.05) is 24.3 Å². The van der Waals surface area contributed by atoms with Crippen LogP contribution in [0.1, 0.15) is 30.1 Å². The molecule has 1 atom stereocenters. The Morgan fingerprint density at radius 3 is 2.54 bits per heavy atom. The van der Waals surface area contributed by atoms with E-state index in [-0.39, 0.29) is 42.9 Å². The molecule has 0 spiro atoms. The first-order valence-electron chi connectivity index (χ1n) is 7.45. The molecule has 1 rings (SSSR count). The van der Waals surface area contributed by atoms with E-state index in [1.807, 2.05) is 18.2 Å². The van der Waals surface area contributed by atoms with Crippen molar-refractivity contribution in [3.63, 3.8) is 0 Å². The number of ether oxygens (including phenoxy) is 1. The van der Waals surface area contributed by atoms with Gasteiger partial charge in [-0.1, -0.05) is 42.1 Å². The first-order valence-corrected chi connectivity index (χ1v) is 8.44. The molecule has 24 heavy (non-hydrogen) atoms. The molecule has 0 radical (unpaired) electrons. The van der Waals surface area contributed by atoms with Crippen LogP contribution in [-0.2, 0) is 14.3 Å². The zero-order valence-corrected chi connectivity index (χ0v) is 15.2. The number of nitrogens with one attached hydrogen (secondary N) is 1. The number of benzene rings is 1. The Bertz CT molecular complexity index is 528. The monoisotopic (exact) mass is 374 g/mol. The molecule has 0 unspecified atom stereocenters. The van der Waals surface area contributed by atoms with E-state index in [2.05, 4.69) is 5.32 Å². The molecular formula is C16H23ClN2O4S. The van der Waals surface area contributed by atoms with Gasteiger partial charge in [0.05, 0.1) is 6.61 Å². The lowest BCUT2D eigenvalue weighted by molar-refractivity contribution is -0.144. The highest BCUT2D eigenvalue weighted by atomic mass is 35.5. The molecule has 0 heterocycles. The van der Waals surface area contributed by atoms with E-state index < -0.39 is 12.0 Å². The van der Waals surface area contributed by atoms with Gasteiger partial charge in [-0.2, -0.15) is 0 Å². The highest BCUT2D eigenvalue weighted by Crippen LogP contribution is 2.11. The maximum absolute atomic E-state index is 11.8. The van der Waals surface area contributed by atoms with Gasteiger partial charge < -0.3 is 15.8 Å². The quantitative estimate of drug-likeness (QED) is 0.505. The third-order valence-electron chi connectivity index (χ3n) is 2.94. The number of halogens is 1. The number of hydrogen-bond acceptors (Lipinski definition) is 6. The van der Waals surface area contributed by atoms with Crippen LogP contribution in [0.5, 0.6) is 0 Å². The van der Waals surface area contributed by atoms with Gasteiger partial charge in [-0.25, -0.2) is 0 Å². The van der Waals surface area contributed by atoms with E-state index in [1.165, 1.54) is 0 Å². The van der Waals surface area contributed by atoms with Crippen LogP contribution in [0.4, 0.5) is 0 Å². The number of amides is 1. The smallest absolute Gasteiger partial charge is 0.322 e. The molecule has 0 saturated heterocycles. The summed E-state index contributed by atoms with van der Waals surface area (Å²) in [4.78, 5) is 34.8. The summed E-state index contributed by atoms with van der Waals surface area (Å²) in [5.74, 6) is -0.203. The number of carbonyl (C=O) groups is 3. The zero-order valence-electron chi connectivity index (χ0n) is 13.5. The van der Waals surface area contributed by atoms with Crippen LogP contribution in [-0.4, -0.2) is 41.9 Å². The van der Waals surface area contributed by atoms with E-state index in [0.717, 1.165) is 11.8 Å². The van der Waals surface area contributed by atoms with Crippen molar-refractivity contribution in [1.82, 2.24) is 5.32 Å². The molecule has 6 nitrogen and oxygen atoms in total. The predicted octanol–water partition coefficient (Wildman–Crippen LogP) is 1.77. The van der Waals surface area contributed by atoms with Crippen molar-refractivity contribution >= 4 is 41.2 Å². The molecule has 0 fully saturated rings. The zero-order chi connectivity index (χ0) is 17.1. The van der Waals surface area contributed by atoms with E-state index >= 15 is 0 Å². The van der Waals surface area contributed by atoms with Crippen LogP contribution < -0.4 is 11.1 Å². The molecule has 134 valence electrons. The van der Waals surface area contributed by atoms with Crippen molar-refractivity contribution in [2.75, 3.05) is 18.9 Å². The first kappa shape index (κ1) is 22.4. The highest BCUT2D eigenvalue weighted by molar-refractivity contribution is 8.14. The number of hydrogen-bond donors (Lipinski definition) is 2. The Balaban J connectivity index is 0.00000529. The molecule has 1 aromatic carbocycles. The second-order valence-electron chi connectivity index (χ2n) is 4.75. The number of rotatable bonds is 9. The second kappa shape index (κ2) is 12.8. The summed E-state index contributed by atoms with van der Waals surface area (Å²) >= 11 is 1.15. The largest absolute Gasteiger partial charge is 0.465 e. The topological polar surface area (TPSA) is 98.5 Å². The number of nitrogens with two attached hydrogens (primary N) is 1. The normalized spacial score (nSPS) is 11.1. The van der Waals surface area contributed by atoms with Crippen LogP contribution in [0.3, 0.4) is 0 Å². The molecule has 0 saturated carbocycles. The van der Waals surface area contributed by atoms with Gasteiger partial charge in [-0.15, -0.1) is 12.4 Å². The Kier molecular flexibility index (Phi) is 12.0. The van der Waals surface area contributed by atoms with Crippen molar-refractivity contribution in [2.45, 2.75) is 25.8 Å². The number of esters is 1. The maximum atomic E-state index is 11.8. The van der Waals surface area contributed by atoms with Crippen LogP contribution in [0.15, 0.2) is 30.3 Å². The van der Waals surface area contributed by atoms with Crippen LogP contribution in [0.25, 0.3) is 0 Å². The summed E-state index contributed by atoms with van der Waals surface area (Å²) in [6.45, 7) is 2.36. The van der Waals surface area contributed by atoms with Crippen LogP contribution >= 0.6 is 24.2 Å². The summed E-state index contributed by atoms with van der Waals surface area (Å²) in [6.07, 6.45) is 0.387. The summed E-state index contributed by atoms with van der Waals surface area (Å²) in [5, 5.41) is 2.67. The summed E-state index contributed by atoms with van der Waals surface area (Å²) in [5.41, 5.74) is 6.25. The Labute approximate surface area is 152 Å². The molecule has 0 aliphatic carbocycles. The maximum Gasteiger partial charge on any atom is 0.322 e. The van der Waals surface area contributed by atoms with Crippen LogP contribution in [0.2, 0.25) is 0 Å². The third kappa shape index (κ3) is 8.90. The van der Waals surface area contributed by atoms with Gasteiger partial charge in [-0.05, 0) is 13.3 Å². The standard InChI is InChI=1S/C16H22N2O4S.ClH/c1-2-22-15(20)13(17)8-9-14(19)18-10-11-23-16(21)12-6-4-3-5-7-12;/h3-7,13H,2,8-11,17H2,1H3,(H,18,19);1H/t13-;/m0./s1. The van der Waals surface area contributed by atoms with E-state index in [0.29, 0.717) is 17.9 Å². The molecule has 1 amide bonds. The lowest BCUT2D eigenvalue weighted by Crippen LogP contribution is -2.34. The summed E-state index contributed by atoms with van der Waals surface area (Å²) < 4.78 is 4.77. The molecule has 0 aromatic heterocycles. The Morgan fingerprint density at radius 1 is 1.25 bits per heavy atom. The molecular weight excluding hydrogens is 352 g/mol. The molecule has 1 aromatic rings. The SMILES string of the molecule is CCOC(=O)[C@@H](N)CCC(=O)NCCSC(=O)c1ccccc1.Cl. The molecule has 0 aliphatic rings. The fourth-order valence-corrected chi connectivity index (χ4v) is 2.43. The fraction of sp³-hybridized carbons (Fsp3) is 0.438. The Hall–Kier alpha value is -1.57.